The molecule has 1 aromatic heterocycles. The molecule has 23 heavy (non-hydrogen) atoms. The molecule has 1 aromatic rings. The number of nitrogens with zero attached hydrogens (tertiary/aromatic N) is 2. The van der Waals surface area contributed by atoms with Gasteiger partial charge in [0.2, 0.25) is 5.89 Å². The summed E-state index contributed by atoms with van der Waals surface area (Å²) in [6, 6.07) is 0. The van der Waals surface area contributed by atoms with Gasteiger partial charge in [0, 0.05) is 11.5 Å². The molecule has 5 heteroatoms. The average Bonchev–Trinajstić information content (AvgIpc) is 2.84. The molecule has 1 saturated carbocycles. The average molecular weight is 320 g/mol. The van der Waals surface area contributed by atoms with Crippen LogP contribution in [0.1, 0.15) is 83.3 Å². The number of aromatic nitrogens is 2. The lowest BCUT2D eigenvalue weighted by Crippen LogP contribution is -2.25. The summed E-state index contributed by atoms with van der Waals surface area (Å²) >= 11 is 0. The van der Waals surface area contributed by atoms with Gasteiger partial charge in [-0.25, -0.2) is 4.79 Å². The summed E-state index contributed by atoms with van der Waals surface area (Å²) in [6.45, 7) is 9.27. The smallest absolute Gasteiger partial charge is 0.334 e. The van der Waals surface area contributed by atoms with Crippen LogP contribution in [0.4, 0.5) is 0 Å². The molecule has 1 fully saturated rings. The Morgan fingerprint density at radius 2 is 1.83 bits per heavy atom. The molecule has 2 rings (SSSR count). The molecular formula is C18H28N2O3. The van der Waals surface area contributed by atoms with Crippen molar-refractivity contribution in [2.75, 3.05) is 0 Å². The maximum Gasteiger partial charge on any atom is 0.334 e. The van der Waals surface area contributed by atoms with Crippen LogP contribution in [0, 0.1) is 0 Å². The summed E-state index contributed by atoms with van der Waals surface area (Å²) in [5.74, 6) is 1.18. The van der Waals surface area contributed by atoms with E-state index in [0.717, 1.165) is 18.7 Å². The highest BCUT2D eigenvalue weighted by Crippen LogP contribution is 2.29. The fraction of sp³-hybridized carbons (Fsp3) is 0.722. The Bertz CT molecular complexity index is 535. The monoisotopic (exact) mass is 320 g/mol. The van der Waals surface area contributed by atoms with Crippen LogP contribution in [0.25, 0.3) is 0 Å². The largest absolute Gasteiger partial charge is 0.457 e. The number of ether oxygens (including phenoxy) is 1. The Balaban J connectivity index is 1.93. The molecule has 0 saturated heterocycles. The Morgan fingerprint density at radius 1 is 1.22 bits per heavy atom. The van der Waals surface area contributed by atoms with Crippen molar-refractivity contribution in [3.05, 3.63) is 23.9 Å². The number of carbonyl (C=O) groups is 1. The lowest BCUT2D eigenvalue weighted by molar-refractivity contribution is -0.150. The van der Waals surface area contributed by atoms with Gasteiger partial charge < -0.3 is 9.26 Å². The molecular weight excluding hydrogens is 292 g/mol. The van der Waals surface area contributed by atoms with Crippen molar-refractivity contribution in [1.29, 1.82) is 0 Å². The minimum absolute atomic E-state index is 0.245. The summed E-state index contributed by atoms with van der Waals surface area (Å²) in [5, 5.41) is 4.12. The van der Waals surface area contributed by atoms with Crippen LogP contribution < -0.4 is 0 Å². The third-order valence-corrected chi connectivity index (χ3v) is 4.01. The van der Waals surface area contributed by atoms with Crippen molar-refractivity contribution >= 4 is 5.97 Å². The van der Waals surface area contributed by atoms with Crippen molar-refractivity contribution in [3.63, 3.8) is 0 Å². The molecule has 0 spiro atoms. The van der Waals surface area contributed by atoms with Gasteiger partial charge in [0.25, 0.3) is 0 Å². The van der Waals surface area contributed by atoms with E-state index in [1.54, 1.807) is 0 Å². The Morgan fingerprint density at radius 3 is 2.43 bits per heavy atom. The van der Waals surface area contributed by atoms with E-state index in [-0.39, 0.29) is 6.42 Å². The second-order valence-electron chi connectivity index (χ2n) is 7.37. The minimum atomic E-state index is -0.529. The first-order valence-corrected chi connectivity index (χ1v) is 8.59. The van der Waals surface area contributed by atoms with E-state index >= 15 is 0 Å². The van der Waals surface area contributed by atoms with Crippen molar-refractivity contribution in [1.82, 2.24) is 10.1 Å². The maximum atomic E-state index is 11.9. The Hall–Kier alpha value is -1.65. The Kier molecular flexibility index (Phi) is 5.97. The van der Waals surface area contributed by atoms with E-state index in [9.17, 15) is 4.79 Å². The normalized spacial score (nSPS) is 17.3. The highest BCUT2D eigenvalue weighted by molar-refractivity contribution is 5.88. The molecule has 0 radical (unpaired) electrons. The molecule has 0 bridgehead atoms. The zero-order chi connectivity index (χ0) is 16.9. The van der Waals surface area contributed by atoms with Crippen molar-refractivity contribution in [2.45, 2.75) is 83.7 Å². The first kappa shape index (κ1) is 17.7. The number of hydrogen-bond acceptors (Lipinski definition) is 5. The van der Waals surface area contributed by atoms with E-state index in [0.29, 0.717) is 17.4 Å². The predicted molar refractivity (Wildman–Crippen MR) is 88.0 cm³/mol. The third kappa shape index (κ3) is 5.81. The van der Waals surface area contributed by atoms with Gasteiger partial charge in [-0.1, -0.05) is 43.8 Å². The molecule has 0 atom stereocenters. The standard InChI is InChI=1S/C18H28N2O3/c1-13(17(21)22-18(2,3)4)12-15-19-16(20-23-15)14-10-8-6-5-7-9-11-14/h14H,1,5-12H2,2-4H3. The van der Waals surface area contributed by atoms with Gasteiger partial charge in [-0.3, -0.25) is 0 Å². The summed E-state index contributed by atoms with van der Waals surface area (Å²) in [5.41, 5.74) is -0.188. The van der Waals surface area contributed by atoms with Crippen LogP contribution in [0.2, 0.25) is 0 Å². The molecule has 128 valence electrons. The predicted octanol–water partition coefficient (Wildman–Crippen LogP) is 4.34. The van der Waals surface area contributed by atoms with E-state index in [2.05, 4.69) is 16.7 Å². The minimum Gasteiger partial charge on any atom is -0.457 e. The van der Waals surface area contributed by atoms with Crippen LogP contribution in [0.5, 0.6) is 0 Å². The van der Waals surface area contributed by atoms with Crippen LogP contribution in [0.15, 0.2) is 16.7 Å². The number of hydrogen-bond donors (Lipinski definition) is 0. The van der Waals surface area contributed by atoms with Gasteiger partial charge in [-0.2, -0.15) is 4.98 Å². The topological polar surface area (TPSA) is 65.2 Å². The van der Waals surface area contributed by atoms with E-state index in [4.69, 9.17) is 9.26 Å². The van der Waals surface area contributed by atoms with Gasteiger partial charge in [-0.15, -0.1) is 0 Å². The molecule has 1 aliphatic carbocycles. The third-order valence-electron chi connectivity index (χ3n) is 4.01. The fourth-order valence-electron chi connectivity index (χ4n) is 2.82. The van der Waals surface area contributed by atoms with E-state index in [1.165, 1.54) is 32.1 Å². The lowest BCUT2D eigenvalue weighted by atomic mass is 9.91. The summed E-state index contributed by atoms with van der Waals surface area (Å²) in [4.78, 5) is 16.4. The number of carbonyl (C=O) groups excluding carboxylic acids is 1. The second kappa shape index (κ2) is 7.75. The SMILES string of the molecule is C=C(Cc1nc(C2CCCCCCC2)no1)C(=O)OC(C)(C)C. The molecule has 5 nitrogen and oxygen atoms in total. The van der Waals surface area contributed by atoms with Gasteiger partial charge in [0.05, 0.1) is 6.42 Å². The molecule has 0 amide bonds. The summed E-state index contributed by atoms with van der Waals surface area (Å²) < 4.78 is 10.6. The fourth-order valence-corrected chi connectivity index (χ4v) is 2.82. The van der Waals surface area contributed by atoms with E-state index < -0.39 is 11.6 Å². The molecule has 0 unspecified atom stereocenters. The van der Waals surface area contributed by atoms with Crippen LogP contribution in [-0.4, -0.2) is 21.7 Å². The first-order chi connectivity index (χ1) is 10.8. The van der Waals surface area contributed by atoms with Gasteiger partial charge in [0.1, 0.15) is 5.60 Å². The number of esters is 1. The lowest BCUT2D eigenvalue weighted by Gasteiger charge is -2.19. The number of rotatable bonds is 4. The van der Waals surface area contributed by atoms with Crippen LogP contribution in [0.3, 0.4) is 0 Å². The molecule has 1 aliphatic rings. The summed E-state index contributed by atoms with van der Waals surface area (Å²) in [7, 11) is 0. The highest BCUT2D eigenvalue weighted by atomic mass is 16.6. The summed E-state index contributed by atoms with van der Waals surface area (Å²) in [6.07, 6.45) is 8.83. The van der Waals surface area contributed by atoms with Crippen molar-refractivity contribution in [3.8, 4) is 0 Å². The maximum absolute atomic E-state index is 11.9. The zero-order valence-corrected chi connectivity index (χ0v) is 14.6. The molecule has 0 aliphatic heterocycles. The van der Waals surface area contributed by atoms with Crippen molar-refractivity contribution < 1.29 is 14.1 Å². The van der Waals surface area contributed by atoms with Crippen molar-refractivity contribution in [2.24, 2.45) is 0 Å². The first-order valence-electron chi connectivity index (χ1n) is 8.59. The van der Waals surface area contributed by atoms with E-state index in [1.807, 2.05) is 20.8 Å². The van der Waals surface area contributed by atoms with Gasteiger partial charge >= 0.3 is 5.97 Å². The molecule has 0 N–H and O–H groups in total. The van der Waals surface area contributed by atoms with Gasteiger partial charge in [0.15, 0.2) is 5.82 Å². The molecule has 0 aromatic carbocycles. The van der Waals surface area contributed by atoms with Crippen LogP contribution >= 0.6 is 0 Å². The second-order valence-corrected chi connectivity index (χ2v) is 7.37. The van der Waals surface area contributed by atoms with Crippen LogP contribution in [-0.2, 0) is 16.0 Å². The van der Waals surface area contributed by atoms with Gasteiger partial charge in [-0.05, 0) is 33.6 Å². The quantitative estimate of drug-likeness (QED) is 0.610. The highest BCUT2D eigenvalue weighted by Gasteiger charge is 2.22. The molecule has 1 heterocycles. The zero-order valence-electron chi connectivity index (χ0n) is 14.6. The Labute approximate surface area is 138 Å².